The predicted octanol–water partition coefficient (Wildman–Crippen LogP) is 7.57. The van der Waals surface area contributed by atoms with Crippen molar-refractivity contribution in [1.29, 1.82) is 0 Å². The Morgan fingerprint density at radius 3 is 2.15 bits per heavy atom. The maximum atomic E-state index is 14.6. The molecule has 0 nitrogen and oxygen atoms in total. The summed E-state index contributed by atoms with van der Waals surface area (Å²) >= 11 is 0. The molecule has 0 heterocycles. The third-order valence-corrected chi connectivity index (χ3v) is 6.68. The first-order valence-corrected chi connectivity index (χ1v) is 10.7. The molecule has 2 unspecified atom stereocenters. The van der Waals surface area contributed by atoms with Gasteiger partial charge in [-0.2, -0.15) is 0 Å². The lowest BCUT2D eigenvalue weighted by molar-refractivity contribution is 0.251. The number of hydrogen-bond acceptors (Lipinski definition) is 0. The van der Waals surface area contributed by atoms with Crippen molar-refractivity contribution in [2.24, 2.45) is 17.8 Å². The molecule has 0 amide bonds. The van der Waals surface area contributed by atoms with Crippen molar-refractivity contribution in [1.82, 2.24) is 0 Å². The van der Waals surface area contributed by atoms with E-state index in [9.17, 15) is 8.78 Å². The summed E-state index contributed by atoms with van der Waals surface area (Å²) in [6.07, 6.45) is 15.6. The standard InChI is InChI=1S/C24H34F2/c1-3-4-18-7-9-19(10-8-18)11-14-21-15-16-22(24(26)23(21)25)20-12-5-17(2)6-13-20/h5,12,15-20H,3-4,6-11,13-14H2,1-2H3. The predicted molar refractivity (Wildman–Crippen MR) is 105 cm³/mol. The molecule has 1 saturated carbocycles. The second-order valence-corrected chi connectivity index (χ2v) is 8.70. The Hall–Kier alpha value is -1.18. The molecule has 0 N–H and O–H groups in total. The summed E-state index contributed by atoms with van der Waals surface area (Å²) in [5.41, 5.74) is 1.10. The van der Waals surface area contributed by atoms with Gasteiger partial charge in [-0.1, -0.05) is 76.7 Å². The third-order valence-electron chi connectivity index (χ3n) is 6.68. The molecule has 2 heteroatoms. The molecular formula is C24H34F2. The molecule has 0 aliphatic heterocycles. The molecule has 3 rings (SSSR count). The quantitative estimate of drug-likeness (QED) is 0.459. The monoisotopic (exact) mass is 360 g/mol. The first kappa shape index (κ1) is 19.6. The molecule has 1 aromatic rings. The summed E-state index contributed by atoms with van der Waals surface area (Å²) in [6.45, 7) is 4.43. The van der Waals surface area contributed by atoms with Crippen molar-refractivity contribution < 1.29 is 8.78 Å². The number of rotatable bonds is 6. The SMILES string of the molecule is CCCC1CCC(CCc2ccc(C3C=CC(C)CC3)c(F)c2F)CC1. The average Bonchev–Trinajstić information content (AvgIpc) is 2.65. The average molecular weight is 361 g/mol. The van der Waals surface area contributed by atoms with Gasteiger partial charge in [-0.3, -0.25) is 0 Å². The molecule has 0 radical (unpaired) electrons. The van der Waals surface area contributed by atoms with E-state index >= 15 is 0 Å². The zero-order chi connectivity index (χ0) is 18.5. The topological polar surface area (TPSA) is 0 Å². The molecule has 2 aliphatic carbocycles. The van der Waals surface area contributed by atoms with E-state index in [1.165, 1.54) is 38.5 Å². The first-order chi connectivity index (χ1) is 12.6. The van der Waals surface area contributed by atoms with E-state index in [-0.39, 0.29) is 5.92 Å². The number of aryl methyl sites for hydroxylation is 1. The van der Waals surface area contributed by atoms with Crippen molar-refractivity contribution in [2.45, 2.75) is 84.0 Å². The van der Waals surface area contributed by atoms with E-state index < -0.39 is 11.6 Å². The summed E-state index contributed by atoms with van der Waals surface area (Å²) in [7, 11) is 0. The number of hydrogen-bond donors (Lipinski definition) is 0. The summed E-state index contributed by atoms with van der Waals surface area (Å²) < 4.78 is 29.2. The van der Waals surface area contributed by atoms with Crippen LogP contribution in [0.1, 0.15) is 88.7 Å². The Morgan fingerprint density at radius 2 is 1.54 bits per heavy atom. The molecule has 144 valence electrons. The van der Waals surface area contributed by atoms with Crippen molar-refractivity contribution in [2.75, 3.05) is 0 Å². The van der Waals surface area contributed by atoms with Gasteiger partial charge in [-0.15, -0.1) is 0 Å². The molecule has 1 fully saturated rings. The van der Waals surface area contributed by atoms with E-state index in [1.807, 2.05) is 12.1 Å². The van der Waals surface area contributed by atoms with Crippen LogP contribution in [0.3, 0.4) is 0 Å². The smallest absolute Gasteiger partial charge is 0.162 e. The van der Waals surface area contributed by atoms with Crippen LogP contribution in [0.4, 0.5) is 8.78 Å². The number of benzene rings is 1. The van der Waals surface area contributed by atoms with Crippen LogP contribution in [0.2, 0.25) is 0 Å². The van der Waals surface area contributed by atoms with E-state index in [2.05, 4.69) is 26.0 Å². The van der Waals surface area contributed by atoms with Crippen LogP contribution in [0.5, 0.6) is 0 Å². The Kier molecular flexibility index (Phi) is 6.89. The Morgan fingerprint density at radius 1 is 0.846 bits per heavy atom. The minimum absolute atomic E-state index is 0.0311. The van der Waals surface area contributed by atoms with Crippen molar-refractivity contribution >= 4 is 0 Å². The van der Waals surface area contributed by atoms with Crippen LogP contribution in [-0.2, 0) is 6.42 Å². The Balaban J connectivity index is 1.58. The minimum atomic E-state index is -0.613. The van der Waals surface area contributed by atoms with Gasteiger partial charge in [0.15, 0.2) is 11.6 Å². The van der Waals surface area contributed by atoms with Gasteiger partial charge in [-0.25, -0.2) is 8.78 Å². The highest BCUT2D eigenvalue weighted by molar-refractivity contribution is 5.32. The normalized spacial score (nSPS) is 29.1. The molecular weight excluding hydrogens is 326 g/mol. The number of halogens is 2. The highest BCUT2D eigenvalue weighted by Crippen LogP contribution is 2.36. The first-order valence-electron chi connectivity index (χ1n) is 10.7. The van der Waals surface area contributed by atoms with Gasteiger partial charge in [0.25, 0.3) is 0 Å². The van der Waals surface area contributed by atoms with Crippen LogP contribution >= 0.6 is 0 Å². The zero-order valence-electron chi connectivity index (χ0n) is 16.4. The van der Waals surface area contributed by atoms with Gasteiger partial charge in [-0.05, 0) is 54.6 Å². The van der Waals surface area contributed by atoms with Crippen LogP contribution in [0, 0.1) is 29.4 Å². The fourth-order valence-corrected chi connectivity index (χ4v) is 4.88. The molecule has 0 bridgehead atoms. The summed E-state index contributed by atoms with van der Waals surface area (Å²) in [4.78, 5) is 0. The second-order valence-electron chi connectivity index (χ2n) is 8.70. The van der Waals surface area contributed by atoms with Gasteiger partial charge < -0.3 is 0 Å². The van der Waals surface area contributed by atoms with Gasteiger partial charge in [0.1, 0.15) is 0 Å². The van der Waals surface area contributed by atoms with E-state index in [1.54, 1.807) is 0 Å². The van der Waals surface area contributed by atoms with Crippen LogP contribution in [0.25, 0.3) is 0 Å². The molecule has 1 aromatic carbocycles. The molecule has 26 heavy (non-hydrogen) atoms. The molecule has 0 aromatic heterocycles. The van der Waals surface area contributed by atoms with Crippen molar-refractivity contribution in [3.8, 4) is 0 Å². The maximum absolute atomic E-state index is 14.6. The highest BCUT2D eigenvalue weighted by Gasteiger charge is 2.23. The lowest BCUT2D eigenvalue weighted by Gasteiger charge is -2.28. The maximum Gasteiger partial charge on any atom is 0.162 e. The van der Waals surface area contributed by atoms with E-state index in [0.29, 0.717) is 29.4 Å². The zero-order valence-corrected chi connectivity index (χ0v) is 16.4. The lowest BCUT2D eigenvalue weighted by atomic mass is 9.78. The third kappa shape index (κ3) is 4.75. The summed E-state index contributed by atoms with van der Waals surface area (Å²) in [5, 5.41) is 0. The summed E-state index contributed by atoms with van der Waals surface area (Å²) in [6, 6.07) is 3.67. The largest absolute Gasteiger partial charge is 0.203 e. The fraction of sp³-hybridized carbons (Fsp3) is 0.667. The van der Waals surface area contributed by atoms with E-state index in [4.69, 9.17) is 0 Å². The van der Waals surface area contributed by atoms with Crippen molar-refractivity contribution in [3.05, 3.63) is 47.0 Å². The molecule has 0 saturated heterocycles. The van der Waals surface area contributed by atoms with E-state index in [0.717, 1.165) is 25.2 Å². The van der Waals surface area contributed by atoms with Crippen LogP contribution in [0.15, 0.2) is 24.3 Å². The second kappa shape index (κ2) is 9.15. The van der Waals surface area contributed by atoms with Crippen LogP contribution < -0.4 is 0 Å². The van der Waals surface area contributed by atoms with Gasteiger partial charge in [0.2, 0.25) is 0 Å². The van der Waals surface area contributed by atoms with Crippen LogP contribution in [-0.4, -0.2) is 0 Å². The Bertz CT molecular complexity index is 611. The van der Waals surface area contributed by atoms with Crippen molar-refractivity contribution in [3.63, 3.8) is 0 Å². The molecule has 2 atom stereocenters. The highest BCUT2D eigenvalue weighted by atomic mass is 19.2. The van der Waals surface area contributed by atoms with Gasteiger partial charge in [0, 0.05) is 5.92 Å². The Labute approximate surface area is 158 Å². The van der Waals surface area contributed by atoms with Gasteiger partial charge in [0.05, 0.1) is 0 Å². The minimum Gasteiger partial charge on any atom is -0.203 e. The van der Waals surface area contributed by atoms with Gasteiger partial charge >= 0.3 is 0 Å². The fourth-order valence-electron chi connectivity index (χ4n) is 4.88. The molecule has 0 spiro atoms. The summed E-state index contributed by atoms with van der Waals surface area (Å²) in [5.74, 6) is 0.950. The number of allylic oxidation sites excluding steroid dienone is 2. The molecule has 2 aliphatic rings. The lowest BCUT2D eigenvalue weighted by Crippen LogP contribution is -2.15.